The molecule has 2 aliphatic heterocycles. The first-order chi connectivity index (χ1) is 14.4. The Kier molecular flexibility index (Phi) is 6.12. The third-order valence-electron chi connectivity index (χ3n) is 5.77. The smallest absolute Gasteiger partial charge is 0.240 e. The molecule has 0 N–H and O–H groups in total. The molecule has 1 unspecified atom stereocenters. The molecule has 0 saturated carbocycles. The molecule has 7 nitrogen and oxygen atoms in total. The van der Waals surface area contributed by atoms with E-state index in [-0.39, 0.29) is 23.3 Å². The van der Waals surface area contributed by atoms with Crippen LogP contribution in [0.15, 0.2) is 48.8 Å². The summed E-state index contributed by atoms with van der Waals surface area (Å²) in [4.78, 5) is 20.9. The maximum Gasteiger partial charge on any atom is 0.240 e. The van der Waals surface area contributed by atoms with Gasteiger partial charge in [-0.25, -0.2) is 12.8 Å². The summed E-state index contributed by atoms with van der Waals surface area (Å²) < 4.78 is 40.7. The first kappa shape index (κ1) is 20.9. The van der Waals surface area contributed by atoms with Gasteiger partial charge >= 0.3 is 0 Å². The highest BCUT2D eigenvalue weighted by molar-refractivity contribution is 7.88. The topological polar surface area (TPSA) is 73.8 Å². The number of nitrogens with zero attached hydrogens (tertiary/aromatic N) is 4. The summed E-state index contributed by atoms with van der Waals surface area (Å²) in [7, 11) is -3.61. The zero-order chi connectivity index (χ0) is 21.1. The summed E-state index contributed by atoms with van der Waals surface area (Å²) in [6.07, 6.45) is 4.21. The van der Waals surface area contributed by atoms with E-state index >= 15 is 0 Å². The summed E-state index contributed by atoms with van der Waals surface area (Å²) in [5.41, 5.74) is 1.17. The fourth-order valence-corrected chi connectivity index (χ4v) is 5.66. The van der Waals surface area contributed by atoms with Crippen molar-refractivity contribution in [3.63, 3.8) is 0 Å². The molecule has 1 amide bonds. The van der Waals surface area contributed by atoms with E-state index < -0.39 is 15.8 Å². The van der Waals surface area contributed by atoms with Crippen molar-refractivity contribution in [1.82, 2.24) is 19.1 Å². The zero-order valence-corrected chi connectivity index (χ0v) is 17.5. The highest BCUT2D eigenvalue weighted by Gasteiger charge is 2.38. The van der Waals surface area contributed by atoms with Crippen LogP contribution in [0.2, 0.25) is 0 Å². The zero-order valence-electron chi connectivity index (χ0n) is 16.7. The van der Waals surface area contributed by atoms with Gasteiger partial charge in [0.05, 0.1) is 11.8 Å². The standard InChI is InChI=1S/C21H25FN4O3S/c22-19-6-2-1-5-18(19)16-30(28,29)26-12-10-24(11-13-26)20-7-9-25(21(20)27)15-17-4-3-8-23-14-17/h1-6,8,14,20H,7,9-13,15-16H2. The number of piperazine rings is 1. The number of aromatic nitrogens is 1. The van der Waals surface area contributed by atoms with E-state index in [1.807, 2.05) is 17.0 Å². The largest absolute Gasteiger partial charge is 0.337 e. The number of hydrogen-bond donors (Lipinski definition) is 0. The van der Waals surface area contributed by atoms with Gasteiger partial charge in [0.25, 0.3) is 0 Å². The van der Waals surface area contributed by atoms with E-state index in [0.29, 0.717) is 39.3 Å². The molecule has 30 heavy (non-hydrogen) atoms. The van der Waals surface area contributed by atoms with Crippen LogP contribution in [0.1, 0.15) is 17.5 Å². The quantitative estimate of drug-likeness (QED) is 0.691. The SMILES string of the molecule is O=C1C(N2CCN(S(=O)(=O)Cc3ccccc3F)CC2)CCN1Cc1cccnc1. The van der Waals surface area contributed by atoms with Crippen molar-refractivity contribution in [3.05, 3.63) is 65.7 Å². The van der Waals surface area contributed by atoms with Gasteiger partial charge in [-0.15, -0.1) is 0 Å². The third kappa shape index (κ3) is 4.53. The first-order valence-corrected chi connectivity index (χ1v) is 11.7. The molecule has 1 atom stereocenters. The molecule has 9 heteroatoms. The summed E-state index contributed by atoms with van der Waals surface area (Å²) in [5.74, 6) is -0.771. The van der Waals surface area contributed by atoms with Crippen molar-refractivity contribution in [2.45, 2.75) is 24.8 Å². The Labute approximate surface area is 176 Å². The van der Waals surface area contributed by atoms with Gasteiger partial charge in [0.15, 0.2) is 0 Å². The van der Waals surface area contributed by atoms with Gasteiger partial charge in [0, 0.05) is 57.2 Å². The number of rotatable bonds is 6. The van der Waals surface area contributed by atoms with E-state index in [9.17, 15) is 17.6 Å². The Morgan fingerprint density at radius 3 is 2.50 bits per heavy atom. The van der Waals surface area contributed by atoms with E-state index in [1.54, 1.807) is 24.5 Å². The molecule has 0 bridgehead atoms. The highest BCUT2D eigenvalue weighted by Crippen LogP contribution is 2.22. The van der Waals surface area contributed by atoms with E-state index in [1.165, 1.54) is 16.4 Å². The minimum absolute atomic E-state index is 0.0847. The number of carbonyl (C=O) groups excluding carboxylic acids is 1. The summed E-state index contributed by atoms with van der Waals surface area (Å²) >= 11 is 0. The number of pyridine rings is 1. The average molecular weight is 433 g/mol. The van der Waals surface area contributed by atoms with Gasteiger partial charge in [0.2, 0.25) is 15.9 Å². The average Bonchev–Trinajstić information content (AvgIpc) is 3.11. The lowest BCUT2D eigenvalue weighted by atomic mass is 10.2. The number of hydrogen-bond acceptors (Lipinski definition) is 5. The molecule has 1 aromatic carbocycles. The molecular weight excluding hydrogens is 407 g/mol. The fourth-order valence-electron chi connectivity index (χ4n) is 4.13. The van der Waals surface area contributed by atoms with Gasteiger partial charge in [0.1, 0.15) is 5.82 Å². The van der Waals surface area contributed by atoms with Crippen molar-refractivity contribution >= 4 is 15.9 Å². The number of amides is 1. The molecule has 1 aromatic heterocycles. The molecule has 2 aromatic rings. The number of carbonyl (C=O) groups is 1. The number of benzene rings is 1. The molecule has 2 aliphatic rings. The Balaban J connectivity index is 1.33. The normalized spacial score (nSPS) is 21.3. The second-order valence-electron chi connectivity index (χ2n) is 7.71. The minimum atomic E-state index is -3.61. The summed E-state index contributed by atoms with van der Waals surface area (Å²) in [5, 5.41) is 0. The van der Waals surface area contributed by atoms with Crippen molar-refractivity contribution in [2.24, 2.45) is 0 Å². The molecule has 0 spiro atoms. The van der Waals surface area contributed by atoms with E-state index in [0.717, 1.165) is 12.0 Å². The predicted octanol–water partition coefficient (Wildman–Crippen LogP) is 1.47. The van der Waals surface area contributed by atoms with Crippen LogP contribution in [0.4, 0.5) is 4.39 Å². The van der Waals surface area contributed by atoms with Crippen LogP contribution in [0.3, 0.4) is 0 Å². The van der Waals surface area contributed by atoms with Crippen molar-refractivity contribution < 1.29 is 17.6 Å². The first-order valence-electron chi connectivity index (χ1n) is 10.1. The molecule has 2 saturated heterocycles. The molecule has 3 heterocycles. The fraction of sp³-hybridized carbons (Fsp3) is 0.429. The molecular formula is C21H25FN4O3S. The lowest BCUT2D eigenvalue weighted by molar-refractivity contribution is -0.133. The van der Waals surface area contributed by atoms with Gasteiger partial charge in [-0.05, 0) is 24.1 Å². The lowest BCUT2D eigenvalue weighted by Gasteiger charge is -2.36. The second kappa shape index (κ2) is 8.79. The van der Waals surface area contributed by atoms with Crippen molar-refractivity contribution in [3.8, 4) is 0 Å². The van der Waals surface area contributed by atoms with Crippen LogP contribution in [0.5, 0.6) is 0 Å². The summed E-state index contributed by atoms with van der Waals surface area (Å²) in [6.45, 7) is 2.83. The maximum atomic E-state index is 13.9. The van der Waals surface area contributed by atoms with Crippen molar-refractivity contribution in [2.75, 3.05) is 32.7 Å². The Bertz CT molecular complexity index is 994. The molecule has 2 fully saturated rings. The van der Waals surface area contributed by atoms with Crippen LogP contribution >= 0.6 is 0 Å². The maximum absolute atomic E-state index is 13.9. The van der Waals surface area contributed by atoms with Crippen LogP contribution in [0, 0.1) is 5.82 Å². The number of sulfonamides is 1. The monoisotopic (exact) mass is 432 g/mol. The van der Waals surface area contributed by atoms with Gasteiger partial charge in [-0.1, -0.05) is 24.3 Å². The van der Waals surface area contributed by atoms with Crippen LogP contribution in [-0.2, 0) is 27.1 Å². The number of halogens is 1. The number of likely N-dealkylation sites (tertiary alicyclic amines) is 1. The minimum Gasteiger partial charge on any atom is -0.337 e. The molecule has 4 rings (SSSR count). The van der Waals surface area contributed by atoms with Gasteiger partial charge in [-0.3, -0.25) is 14.7 Å². The molecule has 0 aliphatic carbocycles. The van der Waals surface area contributed by atoms with Crippen LogP contribution in [0.25, 0.3) is 0 Å². The van der Waals surface area contributed by atoms with Gasteiger partial charge in [-0.2, -0.15) is 4.31 Å². The molecule has 160 valence electrons. The van der Waals surface area contributed by atoms with Crippen molar-refractivity contribution in [1.29, 1.82) is 0 Å². The Morgan fingerprint density at radius 2 is 1.80 bits per heavy atom. The Hall–Kier alpha value is -2.36. The van der Waals surface area contributed by atoms with E-state index in [2.05, 4.69) is 9.88 Å². The van der Waals surface area contributed by atoms with Crippen LogP contribution < -0.4 is 0 Å². The highest BCUT2D eigenvalue weighted by atomic mass is 32.2. The lowest BCUT2D eigenvalue weighted by Crippen LogP contribution is -2.53. The molecule has 0 radical (unpaired) electrons. The van der Waals surface area contributed by atoms with Gasteiger partial charge < -0.3 is 4.90 Å². The second-order valence-corrected chi connectivity index (χ2v) is 9.68. The predicted molar refractivity (Wildman–Crippen MR) is 110 cm³/mol. The van der Waals surface area contributed by atoms with Crippen LogP contribution in [-0.4, -0.2) is 72.2 Å². The summed E-state index contributed by atoms with van der Waals surface area (Å²) in [6, 6.07) is 9.54. The van der Waals surface area contributed by atoms with E-state index in [4.69, 9.17) is 0 Å². The Morgan fingerprint density at radius 1 is 1.03 bits per heavy atom. The third-order valence-corrected chi connectivity index (χ3v) is 7.60.